The lowest BCUT2D eigenvalue weighted by atomic mass is 10.1. The molecule has 1 fully saturated rings. The molecule has 3 nitrogen and oxygen atoms in total. The number of ether oxygens (including phenoxy) is 1. The Labute approximate surface area is 47.3 Å². The van der Waals surface area contributed by atoms with Gasteiger partial charge in [0.25, 0.3) is 0 Å². The van der Waals surface area contributed by atoms with Gasteiger partial charge < -0.3 is 9.84 Å². The maximum absolute atomic E-state index is 10.1. The molecule has 0 aromatic heterocycles. The zero-order valence-electron chi connectivity index (χ0n) is 4.63. The van der Waals surface area contributed by atoms with Crippen LogP contribution in [0.3, 0.4) is 0 Å². The van der Waals surface area contributed by atoms with Crippen molar-refractivity contribution in [1.82, 2.24) is 0 Å². The van der Waals surface area contributed by atoms with Crippen molar-refractivity contribution in [1.29, 1.82) is 0 Å². The minimum absolute atomic E-state index is 0.00694. The molecular weight excluding hydrogens is 108 g/mol. The van der Waals surface area contributed by atoms with Crippen LogP contribution in [0.2, 0.25) is 0 Å². The van der Waals surface area contributed by atoms with E-state index >= 15 is 0 Å². The molecule has 1 N–H and O–H groups in total. The predicted molar refractivity (Wildman–Crippen MR) is 26.5 cm³/mol. The van der Waals surface area contributed by atoms with E-state index < -0.39 is 5.97 Å². The molecule has 1 heterocycles. The number of carboxylic acids is 1. The molecule has 0 aromatic carbocycles. The van der Waals surface area contributed by atoms with Gasteiger partial charge in [0.15, 0.2) is 0 Å². The first-order valence-electron chi connectivity index (χ1n) is 2.56. The zero-order valence-corrected chi connectivity index (χ0v) is 4.63. The summed E-state index contributed by atoms with van der Waals surface area (Å²) < 4.78 is 4.75. The largest absolute Gasteiger partial charge is 0.481 e. The minimum Gasteiger partial charge on any atom is -0.481 e. The van der Waals surface area contributed by atoms with Gasteiger partial charge in [0, 0.05) is 0 Å². The Kier molecular flexibility index (Phi) is 1.21. The minimum atomic E-state index is -0.771. The SMILES string of the molecule is CC(C(=O)O)C1CO1. The number of hydrogen-bond acceptors (Lipinski definition) is 2. The third-order valence-electron chi connectivity index (χ3n) is 1.31. The first kappa shape index (κ1) is 5.56. The van der Waals surface area contributed by atoms with E-state index in [0.29, 0.717) is 6.61 Å². The predicted octanol–water partition coefficient (Wildman–Crippen LogP) is 0.106. The van der Waals surface area contributed by atoms with E-state index in [0.717, 1.165) is 0 Å². The second-order valence-corrected chi connectivity index (χ2v) is 2.00. The molecule has 0 aliphatic carbocycles. The zero-order chi connectivity index (χ0) is 6.15. The van der Waals surface area contributed by atoms with Crippen LogP contribution in [0.5, 0.6) is 0 Å². The number of carboxylic acid groups (broad SMARTS) is 1. The van der Waals surface area contributed by atoms with E-state index in [2.05, 4.69) is 0 Å². The Balaban J connectivity index is 2.32. The van der Waals surface area contributed by atoms with Gasteiger partial charge in [-0.1, -0.05) is 0 Å². The molecule has 2 atom stereocenters. The Hall–Kier alpha value is -0.570. The maximum atomic E-state index is 10.1. The third-order valence-corrected chi connectivity index (χ3v) is 1.31. The lowest BCUT2D eigenvalue weighted by Crippen LogP contribution is -2.15. The van der Waals surface area contributed by atoms with Gasteiger partial charge >= 0.3 is 5.97 Å². The fraction of sp³-hybridized carbons (Fsp3) is 0.800. The van der Waals surface area contributed by atoms with Crippen molar-refractivity contribution >= 4 is 5.97 Å². The van der Waals surface area contributed by atoms with Crippen molar-refractivity contribution in [3.8, 4) is 0 Å². The average Bonchev–Trinajstić information content (AvgIpc) is 2.43. The summed E-state index contributed by atoms with van der Waals surface area (Å²) in [7, 11) is 0. The molecule has 8 heavy (non-hydrogen) atoms. The standard InChI is InChI=1S/C5H8O3/c1-3(5(6)7)4-2-8-4/h3-4H,2H2,1H3,(H,6,7). The summed E-state index contributed by atoms with van der Waals surface area (Å²) >= 11 is 0. The Morgan fingerprint density at radius 2 is 2.50 bits per heavy atom. The van der Waals surface area contributed by atoms with E-state index in [1.165, 1.54) is 0 Å². The molecule has 1 rings (SSSR count). The number of hydrogen-bond donors (Lipinski definition) is 1. The van der Waals surface area contributed by atoms with E-state index in [1.54, 1.807) is 6.92 Å². The molecule has 46 valence electrons. The fourth-order valence-corrected chi connectivity index (χ4v) is 0.503. The highest BCUT2D eigenvalue weighted by atomic mass is 16.6. The first-order valence-corrected chi connectivity index (χ1v) is 2.56. The van der Waals surface area contributed by atoms with Gasteiger partial charge in [-0.3, -0.25) is 4.79 Å². The number of rotatable bonds is 2. The molecule has 2 unspecified atom stereocenters. The second-order valence-electron chi connectivity index (χ2n) is 2.00. The van der Waals surface area contributed by atoms with Crippen molar-refractivity contribution in [2.75, 3.05) is 6.61 Å². The highest BCUT2D eigenvalue weighted by Gasteiger charge is 2.33. The van der Waals surface area contributed by atoms with Crippen molar-refractivity contribution < 1.29 is 14.6 Å². The quantitative estimate of drug-likeness (QED) is 0.521. The molecule has 0 spiro atoms. The van der Waals surface area contributed by atoms with Crippen molar-refractivity contribution in [2.45, 2.75) is 13.0 Å². The van der Waals surface area contributed by atoms with Crippen LogP contribution >= 0.6 is 0 Å². The molecular formula is C5H8O3. The van der Waals surface area contributed by atoms with Gasteiger partial charge in [-0.15, -0.1) is 0 Å². The molecule has 0 saturated carbocycles. The van der Waals surface area contributed by atoms with E-state index in [9.17, 15) is 4.79 Å². The smallest absolute Gasteiger partial charge is 0.308 e. The monoisotopic (exact) mass is 116 g/mol. The van der Waals surface area contributed by atoms with Crippen molar-refractivity contribution in [3.63, 3.8) is 0 Å². The van der Waals surface area contributed by atoms with Crippen LogP contribution in [0.4, 0.5) is 0 Å². The molecule has 0 radical (unpaired) electrons. The molecule has 1 aliphatic rings. The van der Waals surface area contributed by atoms with Crippen LogP contribution in [0, 0.1) is 5.92 Å². The lowest BCUT2D eigenvalue weighted by Gasteiger charge is -1.96. The average molecular weight is 116 g/mol. The third kappa shape index (κ3) is 0.980. The normalized spacial score (nSPS) is 29.4. The van der Waals surface area contributed by atoms with Gasteiger partial charge in [0.2, 0.25) is 0 Å². The Morgan fingerprint density at radius 3 is 2.62 bits per heavy atom. The summed E-state index contributed by atoms with van der Waals surface area (Å²) in [5.74, 6) is -1.09. The molecule has 1 saturated heterocycles. The van der Waals surface area contributed by atoms with Crippen LogP contribution in [0.1, 0.15) is 6.92 Å². The second kappa shape index (κ2) is 1.74. The summed E-state index contributed by atoms with van der Waals surface area (Å²) in [6, 6.07) is 0. The van der Waals surface area contributed by atoms with Gasteiger partial charge in [-0.2, -0.15) is 0 Å². The summed E-state index contributed by atoms with van der Waals surface area (Å²) in [6.07, 6.45) is -0.00694. The first-order chi connectivity index (χ1) is 3.72. The summed E-state index contributed by atoms with van der Waals surface area (Å²) in [5.41, 5.74) is 0. The van der Waals surface area contributed by atoms with Gasteiger partial charge in [0.05, 0.1) is 18.6 Å². The fourth-order valence-electron chi connectivity index (χ4n) is 0.503. The molecule has 0 amide bonds. The van der Waals surface area contributed by atoms with E-state index in [-0.39, 0.29) is 12.0 Å². The Bertz CT molecular complexity index is 106. The maximum Gasteiger partial charge on any atom is 0.308 e. The molecule has 3 heteroatoms. The van der Waals surface area contributed by atoms with Crippen LogP contribution in [0.25, 0.3) is 0 Å². The Morgan fingerprint density at radius 1 is 2.00 bits per heavy atom. The van der Waals surface area contributed by atoms with Crippen LogP contribution < -0.4 is 0 Å². The van der Waals surface area contributed by atoms with Crippen LogP contribution in [-0.2, 0) is 9.53 Å². The van der Waals surface area contributed by atoms with E-state index in [4.69, 9.17) is 9.84 Å². The molecule has 0 bridgehead atoms. The lowest BCUT2D eigenvalue weighted by molar-refractivity contribution is -0.141. The highest BCUT2D eigenvalue weighted by molar-refractivity contribution is 5.70. The van der Waals surface area contributed by atoms with Gasteiger partial charge in [-0.05, 0) is 6.92 Å². The van der Waals surface area contributed by atoms with E-state index in [1.807, 2.05) is 0 Å². The number of carbonyl (C=O) groups is 1. The number of aliphatic carboxylic acids is 1. The summed E-state index contributed by atoms with van der Waals surface area (Å²) in [5, 5.41) is 8.31. The van der Waals surface area contributed by atoms with Crippen molar-refractivity contribution in [3.05, 3.63) is 0 Å². The van der Waals surface area contributed by atoms with Crippen LogP contribution in [-0.4, -0.2) is 23.8 Å². The molecule has 0 aromatic rings. The highest BCUT2D eigenvalue weighted by Crippen LogP contribution is 2.19. The van der Waals surface area contributed by atoms with Gasteiger partial charge in [-0.25, -0.2) is 0 Å². The topological polar surface area (TPSA) is 49.8 Å². The number of epoxide rings is 1. The summed E-state index contributed by atoms with van der Waals surface area (Å²) in [6.45, 7) is 2.27. The summed E-state index contributed by atoms with van der Waals surface area (Å²) in [4.78, 5) is 10.1. The van der Waals surface area contributed by atoms with Gasteiger partial charge in [0.1, 0.15) is 0 Å². The molecule has 1 aliphatic heterocycles. The van der Waals surface area contributed by atoms with Crippen molar-refractivity contribution in [2.24, 2.45) is 5.92 Å². The van der Waals surface area contributed by atoms with Crippen LogP contribution in [0.15, 0.2) is 0 Å².